The Bertz CT molecular complexity index is 518. The fourth-order valence-corrected chi connectivity index (χ4v) is 3.20. The number of nitrogens with two attached hydrogens (primary N) is 1. The molecule has 0 fully saturated rings. The van der Waals surface area contributed by atoms with Gasteiger partial charge in [-0.25, -0.2) is 0 Å². The van der Waals surface area contributed by atoms with Crippen LogP contribution in [0.4, 0.5) is 0 Å². The molecule has 1 aliphatic rings. The van der Waals surface area contributed by atoms with Gasteiger partial charge in [0.2, 0.25) is 5.91 Å². The van der Waals surface area contributed by atoms with Crippen LogP contribution in [0.15, 0.2) is 34.3 Å². The molecule has 2 rings (SSSR count). The highest BCUT2D eigenvalue weighted by Gasteiger charge is 2.30. The van der Waals surface area contributed by atoms with Crippen molar-refractivity contribution in [3.63, 3.8) is 0 Å². The summed E-state index contributed by atoms with van der Waals surface area (Å²) < 4.78 is 0. The second-order valence-corrected chi connectivity index (χ2v) is 6.75. The van der Waals surface area contributed by atoms with Gasteiger partial charge in [-0.05, 0) is 18.1 Å². The van der Waals surface area contributed by atoms with E-state index in [1.165, 1.54) is 10.5 Å². The SMILES string of the molecule is CC(C)(CNC(=O)C1Cc2ccccc2S1)/C(N)=N/O. The van der Waals surface area contributed by atoms with Gasteiger partial charge in [0.1, 0.15) is 5.84 Å². The minimum atomic E-state index is -0.569. The van der Waals surface area contributed by atoms with Crippen LogP contribution in [0.25, 0.3) is 0 Å². The minimum absolute atomic E-state index is 0.00925. The summed E-state index contributed by atoms with van der Waals surface area (Å²) in [5.41, 5.74) is 6.25. The van der Waals surface area contributed by atoms with E-state index in [1.54, 1.807) is 11.8 Å². The molecular weight excluding hydrogens is 274 g/mol. The lowest BCUT2D eigenvalue weighted by atomic mass is 9.92. The third kappa shape index (κ3) is 3.07. The number of nitrogens with zero attached hydrogens (tertiary/aromatic N) is 1. The van der Waals surface area contributed by atoms with Gasteiger partial charge in [0.05, 0.1) is 5.25 Å². The van der Waals surface area contributed by atoms with Gasteiger partial charge in [0, 0.05) is 16.9 Å². The van der Waals surface area contributed by atoms with Crippen LogP contribution in [0, 0.1) is 5.41 Å². The molecule has 20 heavy (non-hydrogen) atoms. The van der Waals surface area contributed by atoms with Gasteiger partial charge >= 0.3 is 0 Å². The molecule has 108 valence electrons. The predicted octanol–water partition coefficient (Wildman–Crippen LogP) is 1.59. The standard InChI is InChI=1S/C14H19N3O2S/c1-14(2,13(15)17-19)8-16-12(18)11-7-9-5-3-4-6-10(9)20-11/h3-6,11,19H,7-8H2,1-2H3,(H2,15,17)(H,16,18). The van der Waals surface area contributed by atoms with Gasteiger partial charge in [-0.2, -0.15) is 0 Å². The van der Waals surface area contributed by atoms with Gasteiger partial charge in [-0.3, -0.25) is 4.79 Å². The molecular formula is C14H19N3O2S. The van der Waals surface area contributed by atoms with Crippen molar-refractivity contribution in [3.05, 3.63) is 29.8 Å². The Morgan fingerprint density at radius 3 is 2.90 bits per heavy atom. The van der Waals surface area contributed by atoms with Crippen LogP contribution in [0.5, 0.6) is 0 Å². The minimum Gasteiger partial charge on any atom is -0.409 e. The molecule has 0 radical (unpaired) electrons. The zero-order chi connectivity index (χ0) is 14.8. The first-order valence-corrected chi connectivity index (χ1v) is 7.32. The third-order valence-electron chi connectivity index (χ3n) is 3.45. The number of thioether (sulfide) groups is 1. The molecule has 1 atom stereocenters. The zero-order valence-corrected chi connectivity index (χ0v) is 12.4. The summed E-state index contributed by atoms with van der Waals surface area (Å²) >= 11 is 1.59. The Kier molecular flexibility index (Phi) is 4.23. The lowest BCUT2D eigenvalue weighted by molar-refractivity contribution is -0.120. The second kappa shape index (κ2) is 5.75. The summed E-state index contributed by atoms with van der Waals surface area (Å²) in [7, 11) is 0. The average Bonchev–Trinajstić information content (AvgIpc) is 2.87. The van der Waals surface area contributed by atoms with E-state index >= 15 is 0 Å². The molecule has 0 aromatic heterocycles. The maximum atomic E-state index is 12.2. The lowest BCUT2D eigenvalue weighted by Crippen LogP contribution is -2.44. The number of nitrogens with one attached hydrogen (secondary N) is 1. The van der Waals surface area contributed by atoms with E-state index in [2.05, 4.69) is 16.5 Å². The van der Waals surface area contributed by atoms with E-state index < -0.39 is 5.41 Å². The lowest BCUT2D eigenvalue weighted by Gasteiger charge is -2.23. The van der Waals surface area contributed by atoms with Crippen LogP contribution < -0.4 is 11.1 Å². The molecule has 6 heteroatoms. The van der Waals surface area contributed by atoms with Gasteiger partial charge < -0.3 is 16.3 Å². The number of amides is 1. The fraction of sp³-hybridized carbons (Fsp3) is 0.429. The maximum absolute atomic E-state index is 12.2. The van der Waals surface area contributed by atoms with E-state index in [1.807, 2.05) is 32.0 Å². The first kappa shape index (κ1) is 14.7. The molecule has 1 amide bonds. The van der Waals surface area contributed by atoms with Crippen LogP contribution in [0.1, 0.15) is 19.4 Å². The molecule has 5 nitrogen and oxygen atoms in total. The topological polar surface area (TPSA) is 87.7 Å². The van der Waals surface area contributed by atoms with Gasteiger partial charge in [-0.1, -0.05) is 37.2 Å². The number of amidine groups is 1. The number of rotatable bonds is 4. The van der Waals surface area contributed by atoms with Crippen molar-refractivity contribution in [1.29, 1.82) is 0 Å². The van der Waals surface area contributed by atoms with Crippen LogP contribution in [-0.4, -0.2) is 28.7 Å². The van der Waals surface area contributed by atoms with Gasteiger partial charge in [0.15, 0.2) is 0 Å². The molecule has 0 saturated heterocycles. The highest BCUT2D eigenvalue weighted by molar-refractivity contribution is 8.01. The molecule has 1 unspecified atom stereocenters. The highest BCUT2D eigenvalue weighted by Crippen LogP contribution is 2.36. The van der Waals surface area contributed by atoms with Crippen LogP contribution >= 0.6 is 11.8 Å². The molecule has 4 N–H and O–H groups in total. The van der Waals surface area contributed by atoms with Crippen molar-refractivity contribution >= 4 is 23.5 Å². The summed E-state index contributed by atoms with van der Waals surface area (Å²) in [6, 6.07) is 8.05. The van der Waals surface area contributed by atoms with E-state index in [0.717, 1.165) is 6.42 Å². The molecule has 0 spiro atoms. The van der Waals surface area contributed by atoms with Crippen LogP contribution in [0.3, 0.4) is 0 Å². The Morgan fingerprint density at radius 2 is 2.25 bits per heavy atom. The monoisotopic (exact) mass is 293 g/mol. The summed E-state index contributed by atoms with van der Waals surface area (Å²) in [5.74, 6) is 0.102. The summed E-state index contributed by atoms with van der Waals surface area (Å²) in [5, 5.41) is 14.5. The van der Waals surface area contributed by atoms with Crippen LogP contribution in [0.2, 0.25) is 0 Å². The number of carbonyl (C=O) groups is 1. The van der Waals surface area contributed by atoms with E-state index in [9.17, 15) is 4.79 Å². The molecule has 1 aromatic carbocycles. The molecule has 0 bridgehead atoms. The van der Waals surface area contributed by atoms with E-state index in [-0.39, 0.29) is 17.0 Å². The number of hydrogen-bond acceptors (Lipinski definition) is 4. The normalized spacial score (nSPS) is 18.7. The molecule has 0 saturated carbocycles. The first-order valence-electron chi connectivity index (χ1n) is 6.44. The van der Waals surface area contributed by atoms with Crippen molar-refractivity contribution in [3.8, 4) is 0 Å². The maximum Gasteiger partial charge on any atom is 0.233 e. The predicted molar refractivity (Wildman–Crippen MR) is 80.0 cm³/mol. The highest BCUT2D eigenvalue weighted by atomic mass is 32.2. The Hall–Kier alpha value is -1.69. The quantitative estimate of drug-likeness (QED) is 0.340. The second-order valence-electron chi connectivity index (χ2n) is 5.51. The number of benzene rings is 1. The first-order chi connectivity index (χ1) is 9.44. The number of hydrogen-bond donors (Lipinski definition) is 3. The Balaban J connectivity index is 1.92. The van der Waals surface area contributed by atoms with Gasteiger partial charge in [-0.15, -0.1) is 11.8 Å². The summed E-state index contributed by atoms with van der Waals surface area (Å²) in [6.45, 7) is 3.98. The Labute approximate surface area is 122 Å². The summed E-state index contributed by atoms with van der Waals surface area (Å²) in [6.07, 6.45) is 0.747. The smallest absolute Gasteiger partial charge is 0.233 e. The van der Waals surface area contributed by atoms with Crippen LogP contribution in [-0.2, 0) is 11.2 Å². The van der Waals surface area contributed by atoms with Crippen molar-refractivity contribution in [1.82, 2.24) is 5.32 Å². The molecule has 1 heterocycles. The van der Waals surface area contributed by atoms with Crippen molar-refractivity contribution in [2.45, 2.75) is 30.4 Å². The van der Waals surface area contributed by atoms with Crippen molar-refractivity contribution < 1.29 is 10.0 Å². The number of carbonyl (C=O) groups excluding carboxylic acids is 1. The van der Waals surface area contributed by atoms with Crippen molar-refractivity contribution in [2.24, 2.45) is 16.3 Å². The zero-order valence-electron chi connectivity index (χ0n) is 11.6. The fourth-order valence-electron chi connectivity index (χ4n) is 1.98. The van der Waals surface area contributed by atoms with E-state index in [0.29, 0.717) is 6.54 Å². The number of oxime groups is 1. The van der Waals surface area contributed by atoms with Crippen molar-refractivity contribution in [2.75, 3.05) is 6.54 Å². The summed E-state index contributed by atoms with van der Waals surface area (Å²) in [4.78, 5) is 13.4. The van der Waals surface area contributed by atoms with Gasteiger partial charge in [0.25, 0.3) is 0 Å². The molecule has 0 aliphatic carbocycles. The molecule has 1 aliphatic heterocycles. The number of fused-ring (bicyclic) bond motifs is 1. The largest absolute Gasteiger partial charge is 0.409 e. The third-order valence-corrected chi connectivity index (χ3v) is 4.76. The average molecular weight is 293 g/mol. The molecule has 1 aromatic rings. The van der Waals surface area contributed by atoms with E-state index in [4.69, 9.17) is 10.9 Å². The Morgan fingerprint density at radius 1 is 1.55 bits per heavy atom.